The normalized spacial score (nSPS) is 16.0. The van der Waals surface area contributed by atoms with Crippen LogP contribution >= 0.6 is 0 Å². The molecule has 0 radical (unpaired) electrons. The zero-order valence-electron chi connectivity index (χ0n) is 16.1. The molecule has 0 spiro atoms. The van der Waals surface area contributed by atoms with Crippen molar-refractivity contribution in [2.75, 3.05) is 23.9 Å². The van der Waals surface area contributed by atoms with Crippen molar-refractivity contribution in [3.8, 4) is 0 Å². The Morgan fingerprint density at radius 2 is 1.82 bits per heavy atom. The molecule has 1 aliphatic rings. The maximum Gasteiger partial charge on any atom is 0.337 e. The van der Waals surface area contributed by atoms with E-state index in [1.165, 1.54) is 13.2 Å². The Bertz CT molecular complexity index is 905. The largest absolute Gasteiger partial charge is 0.465 e. The minimum Gasteiger partial charge on any atom is -0.465 e. The molecule has 1 unspecified atom stereocenters. The van der Waals surface area contributed by atoms with E-state index >= 15 is 0 Å². The molecule has 0 aromatic heterocycles. The second kappa shape index (κ2) is 8.12. The number of esters is 1. The van der Waals surface area contributed by atoms with Crippen LogP contribution in [0.4, 0.5) is 16.2 Å². The summed E-state index contributed by atoms with van der Waals surface area (Å²) in [6, 6.07) is 11.3. The lowest BCUT2D eigenvalue weighted by atomic mass is 10.1. The van der Waals surface area contributed by atoms with E-state index < -0.39 is 18.0 Å². The summed E-state index contributed by atoms with van der Waals surface area (Å²) in [5, 5.41) is 5.36. The smallest absolute Gasteiger partial charge is 0.337 e. The van der Waals surface area contributed by atoms with Gasteiger partial charge in [0.2, 0.25) is 5.91 Å². The predicted octanol–water partition coefficient (Wildman–Crippen LogP) is 3.02. The van der Waals surface area contributed by atoms with Crippen molar-refractivity contribution >= 4 is 29.3 Å². The lowest BCUT2D eigenvalue weighted by molar-refractivity contribution is -0.118. The molecule has 7 heteroatoms. The zero-order chi connectivity index (χ0) is 20.3. The van der Waals surface area contributed by atoms with Gasteiger partial charge in [0, 0.05) is 17.9 Å². The number of benzene rings is 2. The molecule has 0 saturated carbocycles. The highest BCUT2D eigenvalue weighted by Crippen LogP contribution is 2.24. The Balaban J connectivity index is 1.64. The molecule has 28 heavy (non-hydrogen) atoms. The first-order valence-electron chi connectivity index (χ1n) is 9.03. The number of methoxy groups -OCH3 is 1. The van der Waals surface area contributed by atoms with Crippen molar-refractivity contribution in [1.29, 1.82) is 0 Å². The van der Waals surface area contributed by atoms with Crippen LogP contribution in [0.2, 0.25) is 0 Å². The van der Waals surface area contributed by atoms with Crippen molar-refractivity contribution in [3.05, 3.63) is 59.2 Å². The van der Waals surface area contributed by atoms with Gasteiger partial charge in [-0.3, -0.25) is 4.79 Å². The number of aryl methyl sites for hydroxylation is 2. The number of carbonyl (C=O) groups excluding carboxylic acids is 3. The van der Waals surface area contributed by atoms with Gasteiger partial charge in [0.05, 0.1) is 12.7 Å². The number of nitrogens with one attached hydrogen (secondary N) is 2. The number of ether oxygens (including phenoxy) is 1. The molecule has 0 bridgehead atoms. The Labute approximate surface area is 163 Å². The van der Waals surface area contributed by atoms with E-state index in [-0.39, 0.29) is 5.91 Å². The van der Waals surface area contributed by atoms with Crippen LogP contribution in [0.3, 0.4) is 0 Å². The highest BCUT2D eigenvalue weighted by Gasteiger charge is 2.33. The van der Waals surface area contributed by atoms with Gasteiger partial charge in [-0.2, -0.15) is 0 Å². The SMILES string of the molecule is COC(=O)c1cccc(NC(=O)NC2CCN(c3cc(C)cc(C)c3)C2=O)c1. The molecule has 1 aliphatic heterocycles. The van der Waals surface area contributed by atoms with Crippen molar-refractivity contribution in [2.24, 2.45) is 0 Å². The summed E-state index contributed by atoms with van der Waals surface area (Å²) in [6.45, 7) is 4.52. The molecule has 1 heterocycles. The van der Waals surface area contributed by atoms with Gasteiger partial charge in [0.1, 0.15) is 6.04 Å². The summed E-state index contributed by atoms with van der Waals surface area (Å²) in [5.74, 6) is -0.623. The molecule has 7 nitrogen and oxygen atoms in total. The van der Waals surface area contributed by atoms with Gasteiger partial charge >= 0.3 is 12.0 Å². The number of urea groups is 1. The maximum atomic E-state index is 12.7. The molecule has 146 valence electrons. The Morgan fingerprint density at radius 1 is 1.11 bits per heavy atom. The number of carbonyl (C=O) groups is 3. The van der Waals surface area contributed by atoms with Crippen LogP contribution in [0.1, 0.15) is 27.9 Å². The van der Waals surface area contributed by atoms with Crippen LogP contribution in [-0.4, -0.2) is 37.6 Å². The average molecular weight is 381 g/mol. The molecule has 1 saturated heterocycles. The topological polar surface area (TPSA) is 87.7 Å². The first-order valence-corrected chi connectivity index (χ1v) is 9.03. The molecular formula is C21H23N3O4. The summed E-state index contributed by atoms with van der Waals surface area (Å²) >= 11 is 0. The molecule has 1 atom stereocenters. The highest BCUT2D eigenvalue weighted by molar-refractivity contribution is 6.03. The summed E-state index contributed by atoms with van der Waals surface area (Å²) in [5.41, 5.74) is 3.79. The van der Waals surface area contributed by atoms with Gasteiger partial charge in [0.25, 0.3) is 0 Å². The van der Waals surface area contributed by atoms with Gasteiger partial charge in [-0.05, 0) is 61.7 Å². The van der Waals surface area contributed by atoms with Crippen molar-refractivity contribution in [2.45, 2.75) is 26.3 Å². The van der Waals surface area contributed by atoms with Crippen molar-refractivity contribution in [1.82, 2.24) is 5.32 Å². The van der Waals surface area contributed by atoms with E-state index in [2.05, 4.69) is 21.4 Å². The molecule has 2 N–H and O–H groups in total. The molecule has 2 aromatic carbocycles. The third-order valence-electron chi connectivity index (χ3n) is 4.57. The Hall–Kier alpha value is -3.35. The molecule has 0 aliphatic carbocycles. The van der Waals surface area contributed by atoms with E-state index in [1.54, 1.807) is 23.1 Å². The van der Waals surface area contributed by atoms with Crippen LogP contribution in [0.25, 0.3) is 0 Å². The Kier molecular flexibility index (Phi) is 5.63. The van der Waals surface area contributed by atoms with Gasteiger partial charge < -0.3 is 20.3 Å². The third kappa shape index (κ3) is 4.31. The Morgan fingerprint density at radius 3 is 2.50 bits per heavy atom. The lowest BCUT2D eigenvalue weighted by Gasteiger charge is -2.18. The first kappa shape index (κ1) is 19.4. The van der Waals surface area contributed by atoms with Crippen LogP contribution in [0, 0.1) is 13.8 Å². The van der Waals surface area contributed by atoms with Gasteiger partial charge in [-0.1, -0.05) is 12.1 Å². The number of nitrogens with zero attached hydrogens (tertiary/aromatic N) is 1. The lowest BCUT2D eigenvalue weighted by Crippen LogP contribution is -2.43. The summed E-state index contributed by atoms with van der Waals surface area (Å²) in [6.07, 6.45) is 0.529. The van der Waals surface area contributed by atoms with E-state index in [1.807, 2.05) is 26.0 Å². The zero-order valence-corrected chi connectivity index (χ0v) is 16.1. The fourth-order valence-corrected chi connectivity index (χ4v) is 3.34. The standard InChI is InChI=1S/C21H23N3O4/c1-13-9-14(2)11-17(10-13)24-8-7-18(19(24)25)23-21(27)22-16-6-4-5-15(12-16)20(26)28-3/h4-6,9-12,18H,7-8H2,1-3H3,(H2,22,23,27). The monoisotopic (exact) mass is 381 g/mol. The van der Waals surface area contributed by atoms with Crippen LogP contribution in [-0.2, 0) is 9.53 Å². The third-order valence-corrected chi connectivity index (χ3v) is 4.57. The maximum absolute atomic E-state index is 12.7. The van der Waals surface area contributed by atoms with E-state index in [0.29, 0.717) is 24.2 Å². The van der Waals surface area contributed by atoms with Gasteiger partial charge in [-0.25, -0.2) is 9.59 Å². The molecule has 2 aromatic rings. The molecular weight excluding hydrogens is 358 g/mol. The van der Waals surface area contributed by atoms with E-state index in [0.717, 1.165) is 16.8 Å². The van der Waals surface area contributed by atoms with Crippen molar-refractivity contribution < 1.29 is 19.1 Å². The average Bonchev–Trinajstić information content (AvgIpc) is 3.00. The van der Waals surface area contributed by atoms with Gasteiger partial charge in [-0.15, -0.1) is 0 Å². The number of hydrogen-bond acceptors (Lipinski definition) is 4. The minimum atomic E-state index is -0.593. The molecule has 1 fully saturated rings. The number of hydrogen-bond donors (Lipinski definition) is 2. The quantitative estimate of drug-likeness (QED) is 0.797. The van der Waals surface area contributed by atoms with Crippen LogP contribution in [0.5, 0.6) is 0 Å². The number of rotatable bonds is 4. The second-order valence-corrected chi connectivity index (χ2v) is 6.85. The minimum absolute atomic E-state index is 0.136. The fraction of sp³-hybridized carbons (Fsp3) is 0.286. The number of amides is 3. The fourth-order valence-electron chi connectivity index (χ4n) is 3.34. The summed E-state index contributed by atoms with van der Waals surface area (Å²) < 4.78 is 4.67. The van der Waals surface area contributed by atoms with E-state index in [9.17, 15) is 14.4 Å². The molecule has 3 rings (SSSR count). The van der Waals surface area contributed by atoms with Gasteiger partial charge in [0.15, 0.2) is 0 Å². The van der Waals surface area contributed by atoms with E-state index in [4.69, 9.17) is 0 Å². The summed E-state index contributed by atoms with van der Waals surface area (Å²) in [4.78, 5) is 38.3. The first-order chi connectivity index (χ1) is 13.4. The molecule has 3 amide bonds. The summed E-state index contributed by atoms with van der Waals surface area (Å²) in [7, 11) is 1.29. The number of anilines is 2. The highest BCUT2D eigenvalue weighted by atomic mass is 16.5. The van der Waals surface area contributed by atoms with Crippen LogP contribution < -0.4 is 15.5 Å². The van der Waals surface area contributed by atoms with Crippen LogP contribution in [0.15, 0.2) is 42.5 Å². The second-order valence-electron chi connectivity index (χ2n) is 6.85. The van der Waals surface area contributed by atoms with Crippen molar-refractivity contribution in [3.63, 3.8) is 0 Å². The predicted molar refractivity (Wildman–Crippen MR) is 107 cm³/mol.